The molecule has 0 aromatic heterocycles. The van der Waals surface area contributed by atoms with Crippen molar-refractivity contribution in [3.8, 4) is 0 Å². The van der Waals surface area contributed by atoms with Crippen LogP contribution in [0.1, 0.15) is 368 Å². The van der Waals surface area contributed by atoms with Crippen molar-refractivity contribution in [3.05, 3.63) is 72.9 Å². The van der Waals surface area contributed by atoms with Gasteiger partial charge < -0.3 is 25.2 Å². The number of carbonyl (C=O) groups excluding carboxylic acids is 1. The molecule has 1 saturated heterocycles. The van der Waals surface area contributed by atoms with E-state index in [4.69, 9.17) is 4.74 Å². The highest BCUT2D eigenvalue weighted by Crippen LogP contribution is 2.24. The van der Waals surface area contributed by atoms with Crippen LogP contribution in [-0.4, -0.2) is 167 Å². The first-order valence-electron chi connectivity index (χ1n) is 43.6. The molecular formula is C89H168N4O6S2. The summed E-state index contributed by atoms with van der Waals surface area (Å²) < 4.78 is 5.76. The van der Waals surface area contributed by atoms with Gasteiger partial charge in [0.05, 0.1) is 24.4 Å². The molecule has 4 unspecified atom stereocenters. The maximum atomic E-state index is 12.9. The summed E-state index contributed by atoms with van der Waals surface area (Å²) in [4.78, 5) is 22.6. The van der Waals surface area contributed by atoms with Crippen molar-refractivity contribution in [2.45, 2.75) is 392 Å². The van der Waals surface area contributed by atoms with Gasteiger partial charge in [0, 0.05) is 83.4 Å². The average molecular weight is 1450 g/mol. The van der Waals surface area contributed by atoms with E-state index in [1.807, 2.05) is 21.6 Å². The van der Waals surface area contributed by atoms with Crippen LogP contribution in [0.15, 0.2) is 72.9 Å². The second kappa shape index (κ2) is 79.3. The average Bonchev–Trinajstić information content (AvgIpc) is 1.10. The number of nitrogens with zero attached hydrogens (tertiary/aromatic N) is 4. The predicted molar refractivity (Wildman–Crippen MR) is 448 cm³/mol. The molecule has 10 nitrogen and oxygen atoms in total. The van der Waals surface area contributed by atoms with Gasteiger partial charge in [0.15, 0.2) is 0 Å². The smallest absolute Gasteiger partial charge is 0.305 e. The van der Waals surface area contributed by atoms with Gasteiger partial charge in [-0.25, -0.2) is 0 Å². The van der Waals surface area contributed by atoms with Gasteiger partial charge in [0.2, 0.25) is 0 Å². The van der Waals surface area contributed by atoms with E-state index >= 15 is 0 Å². The number of piperazine rings is 1. The number of aliphatic hydroxyl groups is 4. The van der Waals surface area contributed by atoms with E-state index in [0.29, 0.717) is 39.2 Å². The molecule has 0 bridgehead atoms. The minimum atomic E-state index is -0.413. The third-order valence-electron chi connectivity index (χ3n) is 20.2. The molecule has 0 aromatic rings. The summed E-state index contributed by atoms with van der Waals surface area (Å²) >= 11 is 0. The topological polar surface area (TPSA) is 120 Å². The summed E-state index contributed by atoms with van der Waals surface area (Å²) in [6.45, 7) is 19.7. The lowest BCUT2D eigenvalue weighted by atomic mass is 10.1. The molecule has 0 saturated carbocycles. The highest BCUT2D eigenvalue weighted by atomic mass is 33.1. The molecule has 12 heteroatoms. The van der Waals surface area contributed by atoms with Gasteiger partial charge in [-0.1, -0.05) is 289 Å². The second-order valence-corrected chi connectivity index (χ2v) is 32.9. The standard InChI is InChI=1S/C89H168N4O6S2/c1-5-9-13-17-21-25-29-33-37-41-45-49-53-57-65-85(94)81-92(82-86(95)66-58-54-50-46-42-38-34-30-26-22-18-14-10-6-2)70-62-61-69-89(98)99-78-76-90-72-74-91(75-73-90)77-80-101-100-79-64-63-71-93(83-87(96)67-59-55-51-47-43-39-35-31-27-23-19-15-11-7-3)84-88(97)68-60-56-52-48-44-40-36-32-28-24-20-16-12-8-4/h21-22,25-26,33-40,85-88,94-97H,5-20,23-24,27-32,41-84H2,1-4H3/b25-21-,26-22-,37-33-,38-34-,39-35-,40-36-. The van der Waals surface area contributed by atoms with Gasteiger partial charge in [-0.05, 0) is 180 Å². The van der Waals surface area contributed by atoms with Gasteiger partial charge in [-0.3, -0.25) is 24.4 Å². The summed E-state index contributed by atoms with van der Waals surface area (Å²) in [5.41, 5.74) is 0. The van der Waals surface area contributed by atoms with Gasteiger partial charge in [0.1, 0.15) is 6.61 Å². The Morgan fingerprint density at radius 3 is 0.970 bits per heavy atom. The molecule has 0 radical (unpaired) electrons. The van der Waals surface area contributed by atoms with Crippen molar-refractivity contribution in [2.24, 2.45) is 0 Å². The zero-order chi connectivity index (χ0) is 72.9. The van der Waals surface area contributed by atoms with Crippen LogP contribution in [-0.2, 0) is 9.53 Å². The Bertz CT molecular complexity index is 1780. The Balaban J connectivity index is 2.44. The number of hydrogen-bond donors (Lipinski definition) is 4. The number of rotatable bonds is 79. The Kier molecular flexibility index (Phi) is 76.4. The summed E-state index contributed by atoms with van der Waals surface area (Å²) in [7, 11) is 3.99. The summed E-state index contributed by atoms with van der Waals surface area (Å²) in [5.74, 6) is 2.12. The second-order valence-electron chi connectivity index (χ2n) is 30.2. The maximum Gasteiger partial charge on any atom is 0.305 e. The minimum Gasteiger partial charge on any atom is -0.464 e. The molecule has 0 aromatic carbocycles. The molecule has 101 heavy (non-hydrogen) atoms. The first-order chi connectivity index (χ1) is 49.7. The molecule has 1 heterocycles. The molecule has 592 valence electrons. The fourth-order valence-electron chi connectivity index (χ4n) is 13.6. The van der Waals surface area contributed by atoms with E-state index in [2.05, 4.69) is 120 Å². The van der Waals surface area contributed by atoms with E-state index in [9.17, 15) is 25.2 Å². The van der Waals surface area contributed by atoms with Crippen LogP contribution < -0.4 is 0 Å². The Morgan fingerprint density at radius 2 is 0.614 bits per heavy atom. The van der Waals surface area contributed by atoms with Crippen molar-refractivity contribution in [1.82, 2.24) is 19.6 Å². The zero-order valence-electron chi connectivity index (χ0n) is 67.0. The lowest BCUT2D eigenvalue weighted by Crippen LogP contribution is -2.47. The van der Waals surface area contributed by atoms with Crippen LogP contribution in [0.5, 0.6) is 0 Å². The molecule has 0 aliphatic carbocycles. The van der Waals surface area contributed by atoms with E-state index in [1.54, 1.807) is 0 Å². The van der Waals surface area contributed by atoms with Crippen LogP contribution in [0.25, 0.3) is 0 Å². The summed E-state index contributed by atoms with van der Waals surface area (Å²) in [5, 5.41) is 44.8. The first-order valence-corrected chi connectivity index (χ1v) is 46.1. The molecule has 0 amide bonds. The molecule has 4 N–H and O–H groups in total. The number of carbonyl (C=O) groups is 1. The molecule has 1 aliphatic heterocycles. The van der Waals surface area contributed by atoms with Crippen molar-refractivity contribution >= 4 is 27.6 Å². The van der Waals surface area contributed by atoms with Crippen molar-refractivity contribution in [3.63, 3.8) is 0 Å². The number of unbranched alkanes of at least 4 members (excludes halogenated alkanes) is 36. The number of aliphatic hydroxyl groups excluding tert-OH is 4. The van der Waals surface area contributed by atoms with E-state index in [-0.39, 0.29) is 18.2 Å². The maximum absolute atomic E-state index is 12.9. The van der Waals surface area contributed by atoms with Crippen molar-refractivity contribution in [2.75, 3.05) is 96.6 Å². The Hall–Kier alpha value is -1.71. The monoisotopic (exact) mass is 1450 g/mol. The highest BCUT2D eigenvalue weighted by Gasteiger charge is 2.20. The lowest BCUT2D eigenvalue weighted by Gasteiger charge is -2.34. The molecular weight excluding hydrogens is 1290 g/mol. The molecule has 1 fully saturated rings. The van der Waals surface area contributed by atoms with Crippen LogP contribution in [0.2, 0.25) is 0 Å². The van der Waals surface area contributed by atoms with E-state index in [1.165, 1.54) is 218 Å². The quantitative estimate of drug-likeness (QED) is 0.0201. The number of ether oxygens (including phenoxy) is 1. The summed E-state index contributed by atoms with van der Waals surface area (Å²) in [6, 6.07) is 0. The van der Waals surface area contributed by atoms with Crippen molar-refractivity contribution < 1.29 is 30.0 Å². The molecule has 0 spiro atoms. The van der Waals surface area contributed by atoms with E-state index < -0.39 is 12.2 Å². The van der Waals surface area contributed by atoms with Crippen LogP contribution in [0, 0.1) is 0 Å². The molecule has 4 atom stereocenters. The fraction of sp³-hybridized carbons (Fsp3) is 0.854. The van der Waals surface area contributed by atoms with Gasteiger partial charge in [-0.2, -0.15) is 0 Å². The normalized spacial score (nSPS) is 15.0. The van der Waals surface area contributed by atoms with Gasteiger partial charge >= 0.3 is 5.97 Å². The van der Waals surface area contributed by atoms with Crippen LogP contribution >= 0.6 is 21.6 Å². The SMILES string of the molecule is CCCCC/C=C\C/C=C\CCCCCCC(O)CN(CCCCC(=O)OCCN1CCN(CCSSCCCCN(CC(O)CCCCCC/C=C\CCCCCCCC)CC(O)CCCCCC/C=C\CCCCCCCC)CC1)CC(O)CCCCCC/C=C\C/C=C\CCCCC. The van der Waals surface area contributed by atoms with Gasteiger partial charge in [-0.15, -0.1) is 0 Å². The zero-order valence-corrected chi connectivity index (χ0v) is 68.7. The van der Waals surface area contributed by atoms with Gasteiger partial charge in [0.25, 0.3) is 0 Å². The van der Waals surface area contributed by atoms with E-state index in [0.717, 1.165) is 179 Å². The lowest BCUT2D eigenvalue weighted by molar-refractivity contribution is -0.144. The van der Waals surface area contributed by atoms with Crippen molar-refractivity contribution in [1.29, 1.82) is 0 Å². The first kappa shape index (κ1) is 97.3. The van der Waals surface area contributed by atoms with Crippen LogP contribution in [0.4, 0.5) is 0 Å². The third-order valence-corrected chi connectivity index (χ3v) is 22.7. The Labute approximate surface area is 635 Å². The number of hydrogen-bond acceptors (Lipinski definition) is 12. The van der Waals surface area contributed by atoms with Crippen LogP contribution in [0.3, 0.4) is 0 Å². The molecule has 1 aliphatic rings. The predicted octanol–water partition coefficient (Wildman–Crippen LogP) is 23.7. The number of esters is 1. The fourth-order valence-corrected chi connectivity index (χ4v) is 15.8. The largest absolute Gasteiger partial charge is 0.464 e. The number of allylic oxidation sites excluding steroid dienone is 12. The summed E-state index contributed by atoms with van der Waals surface area (Å²) in [6.07, 6.45) is 88.3. The molecule has 1 rings (SSSR count). The Morgan fingerprint density at radius 1 is 0.337 bits per heavy atom. The third kappa shape index (κ3) is 72.3. The minimum absolute atomic E-state index is 0.122. The highest BCUT2D eigenvalue weighted by molar-refractivity contribution is 8.76.